The Kier molecular flexibility index (Phi) is 4.47. The van der Waals surface area contributed by atoms with Gasteiger partial charge in [0.2, 0.25) is 0 Å². The van der Waals surface area contributed by atoms with Crippen LogP contribution in [0.3, 0.4) is 0 Å². The number of nitrogens with zero attached hydrogens (tertiary/aromatic N) is 5. The molecule has 1 aromatic heterocycles. The average molecular weight is 351 g/mol. The second-order valence-electron chi connectivity index (χ2n) is 5.60. The molecule has 128 valence electrons. The molecular weight excluding hydrogens is 334 g/mol. The molecule has 0 aliphatic carbocycles. The van der Waals surface area contributed by atoms with E-state index in [1.165, 1.54) is 15.9 Å². The first-order chi connectivity index (χ1) is 11.4. The minimum absolute atomic E-state index is 0.0179. The maximum Gasteiger partial charge on any atom is 0.260 e. The number of ether oxygens (including phenoxy) is 1. The number of benzene rings is 1. The van der Waals surface area contributed by atoms with E-state index >= 15 is 0 Å². The summed E-state index contributed by atoms with van der Waals surface area (Å²) in [4.78, 5) is 13.7. The first-order valence-electron chi connectivity index (χ1n) is 7.37. The second-order valence-corrected chi connectivity index (χ2v) is 7.83. The van der Waals surface area contributed by atoms with Crippen molar-refractivity contribution in [3.63, 3.8) is 0 Å². The van der Waals surface area contributed by atoms with Gasteiger partial charge in [-0.15, -0.1) is 5.10 Å². The van der Waals surface area contributed by atoms with Crippen LogP contribution in [0.2, 0.25) is 0 Å². The molecule has 1 fully saturated rings. The van der Waals surface area contributed by atoms with Gasteiger partial charge in [0.1, 0.15) is 12.1 Å². The molecular formula is C14H17N5O4S. The van der Waals surface area contributed by atoms with Gasteiger partial charge in [-0.25, -0.2) is 13.1 Å². The monoisotopic (exact) mass is 351 g/mol. The molecule has 10 heteroatoms. The molecule has 1 saturated heterocycles. The molecule has 1 amide bonds. The molecule has 1 aliphatic rings. The molecule has 0 N–H and O–H groups in total. The zero-order valence-corrected chi connectivity index (χ0v) is 13.9. The molecule has 2 heterocycles. The lowest BCUT2D eigenvalue weighted by molar-refractivity contribution is -0.133. The number of carbonyl (C=O) groups is 1. The van der Waals surface area contributed by atoms with Crippen LogP contribution in [0.5, 0.6) is 5.75 Å². The van der Waals surface area contributed by atoms with Crippen molar-refractivity contribution < 1.29 is 17.9 Å². The molecule has 2 aromatic rings. The lowest BCUT2D eigenvalue weighted by atomic mass is 10.2. The zero-order chi connectivity index (χ0) is 17.2. The number of rotatable bonds is 5. The van der Waals surface area contributed by atoms with E-state index in [0.717, 1.165) is 0 Å². The Labute approximate surface area is 139 Å². The normalized spacial score (nSPS) is 19.1. The number of amides is 1. The van der Waals surface area contributed by atoms with E-state index in [9.17, 15) is 13.2 Å². The fourth-order valence-electron chi connectivity index (χ4n) is 2.53. The largest absolute Gasteiger partial charge is 0.484 e. The third-order valence-corrected chi connectivity index (χ3v) is 5.69. The van der Waals surface area contributed by atoms with Gasteiger partial charge in [0.25, 0.3) is 5.91 Å². The zero-order valence-electron chi connectivity index (χ0n) is 13.1. The van der Waals surface area contributed by atoms with E-state index in [1.54, 1.807) is 31.3 Å². The standard InChI is InChI=1S/C14H17N5O4S/c1-18(12-5-6-24(21,22)9-12)14(20)8-23-13-4-2-3-11(7-13)19-10-15-16-17-19/h2-4,7,10,12H,5-6,8-9H2,1H3/t12-/m0/s1. The summed E-state index contributed by atoms with van der Waals surface area (Å²) in [5.41, 5.74) is 0.709. The van der Waals surface area contributed by atoms with Crippen molar-refractivity contribution in [2.24, 2.45) is 0 Å². The molecule has 1 aliphatic heterocycles. The van der Waals surface area contributed by atoms with Crippen LogP contribution in [0.25, 0.3) is 5.69 Å². The predicted octanol–water partition coefficient (Wildman–Crippen LogP) is -0.313. The quantitative estimate of drug-likeness (QED) is 0.727. The summed E-state index contributed by atoms with van der Waals surface area (Å²) in [6, 6.07) is 6.73. The average Bonchev–Trinajstić information content (AvgIpc) is 3.21. The highest BCUT2D eigenvalue weighted by Crippen LogP contribution is 2.18. The van der Waals surface area contributed by atoms with E-state index in [2.05, 4.69) is 15.5 Å². The minimum atomic E-state index is -3.03. The summed E-state index contributed by atoms with van der Waals surface area (Å²) in [5, 5.41) is 10.9. The highest BCUT2D eigenvalue weighted by atomic mass is 32.2. The molecule has 3 rings (SSSR count). The van der Waals surface area contributed by atoms with Crippen LogP contribution >= 0.6 is 0 Å². The van der Waals surface area contributed by atoms with Crippen molar-refractivity contribution in [2.45, 2.75) is 12.5 Å². The van der Waals surface area contributed by atoms with Crippen molar-refractivity contribution in [1.82, 2.24) is 25.1 Å². The van der Waals surface area contributed by atoms with Crippen LogP contribution < -0.4 is 4.74 Å². The van der Waals surface area contributed by atoms with Crippen molar-refractivity contribution in [3.05, 3.63) is 30.6 Å². The van der Waals surface area contributed by atoms with Crippen LogP contribution in [0, 0.1) is 0 Å². The topological polar surface area (TPSA) is 107 Å². The summed E-state index contributed by atoms with van der Waals surface area (Å²) >= 11 is 0. The Bertz CT molecular complexity index is 821. The molecule has 9 nitrogen and oxygen atoms in total. The number of aromatic nitrogens is 4. The van der Waals surface area contributed by atoms with Crippen molar-refractivity contribution in [1.29, 1.82) is 0 Å². The van der Waals surface area contributed by atoms with Crippen LogP contribution in [0.15, 0.2) is 30.6 Å². The van der Waals surface area contributed by atoms with Crippen LogP contribution in [-0.2, 0) is 14.6 Å². The van der Waals surface area contributed by atoms with Gasteiger partial charge in [-0.2, -0.15) is 0 Å². The first kappa shape index (κ1) is 16.4. The lowest BCUT2D eigenvalue weighted by Crippen LogP contribution is -2.40. The Morgan fingerprint density at radius 3 is 2.96 bits per heavy atom. The Morgan fingerprint density at radius 2 is 2.29 bits per heavy atom. The molecule has 0 spiro atoms. The van der Waals surface area contributed by atoms with E-state index in [0.29, 0.717) is 17.9 Å². The summed E-state index contributed by atoms with van der Waals surface area (Å²) in [7, 11) is -1.42. The third kappa shape index (κ3) is 3.70. The molecule has 1 aromatic carbocycles. The number of sulfone groups is 1. The van der Waals surface area contributed by atoms with Gasteiger partial charge in [-0.3, -0.25) is 4.79 Å². The maximum atomic E-state index is 12.2. The number of hydrogen-bond acceptors (Lipinski definition) is 7. The molecule has 0 bridgehead atoms. The third-order valence-electron chi connectivity index (χ3n) is 3.94. The van der Waals surface area contributed by atoms with Gasteiger partial charge in [0.05, 0.1) is 17.2 Å². The van der Waals surface area contributed by atoms with Crippen molar-refractivity contribution in [2.75, 3.05) is 25.2 Å². The van der Waals surface area contributed by atoms with Gasteiger partial charge in [0, 0.05) is 19.2 Å². The second kappa shape index (κ2) is 6.56. The number of likely N-dealkylation sites (N-methyl/N-ethyl adjacent to an activating group) is 1. The number of hydrogen-bond donors (Lipinski definition) is 0. The van der Waals surface area contributed by atoms with E-state index in [-0.39, 0.29) is 30.1 Å². The fourth-order valence-corrected chi connectivity index (χ4v) is 4.30. The highest BCUT2D eigenvalue weighted by Gasteiger charge is 2.32. The number of tetrazole rings is 1. The summed E-state index contributed by atoms with van der Waals surface area (Å²) < 4.78 is 30.0. The molecule has 0 radical (unpaired) electrons. The summed E-state index contributed by atoms with van der Waals surface area (Å²) in [6.45, 7) is -0.161. The smallest absolute Gasteiger partial charge is 0.260 e. The van der Waals surface area contributed by atoms with Crippen molar-refractivity contribution in [3.8, 4) is 11.4 Å². The van der Waals surface area contributed by atoms with Gasteiger partial charge in [-0.05, 0) is 29.0 Å². The van der Waals surface area contributed by atoms with E-state index < -0.39 is 9.84 Å². The molecule has 1 atom stereocenters. The Morgan fingerprint density at radius 1 is 1.46 bits per heavy atom. The predicted molar refractivity (Wildman–Crippen MR) is 84.5 cm³/mol. The SMILES string of the molecule is CN(C(=O)COc1cccc(-n2cnnn2)c1)[C@H]1CCS(=O)(=O)C1. The Balaban J connectivity index is 1.59. The summed E-state index contributed by atoms with van der Waals surface area (Å²) in [6.07, 6.45) is 1.93. The van der Waals surface area contributed by atoms with Crippen LogP contribution in [-0.4, -0.2) is 70.6 Å². The lowest BCUT2D eigenvalue weighted by Gasteiger charge is -2.23. The maximum absolute atomic E-state index is 12.2. The van der Waals surface area contributed by atoms with E-state index in [4.69, 9.17) is 4.74 Å². The first-order valence-corrected chi connectivity index (χ1v) is 9.19. The van der Waals surface area contributed by atoms with Crippen LogP contribution in [0.4, 0.5) is 0 Å². The fraction of sp³-hybridized carbons (Fsp3) is 0.429. The van der Waals surface area contributed by atoms with Gasteiger partial charge in [0.15, 0.2) is 16.4 Å². The van der Waals surface area contributed by atoms with Crippen molar-refractivity contribution >= 4 is 15.7 Å². The Hall–Kier alpha value is -2.49. The minimum Gasteiger partial charge on any atom is -0.484 e. The van der Waals surface area contributed by atoms with Gasteiger partial charge in [-0.1, -0.05) is 6.07 Å². The highest BCUT2D eigenvalue weighted by molar-refractivity contribution is 7.91. The van der Waals surface area contributed by atoms with Crippen LogP contribution in [0.1, 0.15) is 6.42 Å². The van der Waals surface area contributed by atoms with Gasteiger partial charge < -0.3 is 9.64 Å². The summed E-state index contributed by atoms with van der Waals surface area (Å²) in [5.74, 6) is 0.391. The molecule has 24 heavy (non-hydrogen) atoms. The molecule has 0 unspecified atom stereocenters. The van der Waals surface area contributed by atoms with E-state index in [1.807, 2.05) is 0 Å². The van der Waals surface area contributed by atoms with Gasteiger partial charge >= 0.3 is 0 Å². The number of carbonyl (C=O) groups excluding carboxylic acids is 1. The molecule has 0 saturated carbocycles.